The van der Waals surface area contributed by atoms with E-state index in [1.54, 1.807) is 17.0 Å². The van der Waals surface area contributed by atoms with E-state index in [0.717, 1.165) is 6.42 Å². The highest BCUT2D eigenvalue weighted by molar-refractivity contribution is 6.34. The summed E-state index contributed by atoms with van der Waals surface area (Å²) in [5, 5.41) is 2.53. The molecule has 0 saturated carbocycles. The molecule has 4 nitrogen and oxygen atoms in total. The molecule has 0 spiro atoms. The van der Waals surface area contributed by atoms with E-state index in [0.29, 0.717) is 24.7 Å². The molecule has 1 saturated heterocycles. The number of allylic oxidation sites excluding steroid dienone is 1. The Kier molecular flexibility index (Phi) is 5.74. The van der Waals surface area contributed by atoms with Crippen molar-refractivity contribution in [1.82, 2.24) is 0 Å². The van der Waals surface area contributed by atoms with Crippen molar-refractivity contribution in [2.24, 2.45) is 0 Å². The van der Waals surface area contributed by atoms with E-state index < -0.39 is 17.7 Å². The zero-order valence-electron chi connectivity index (χ0n) is 14.6. The van der Waals surface area contributed by atoms with Gasteiger partial charge in [0.1, 0.15) is 0 Å². The van der Waals surface area contributed by atoms with E-state index >= 15 is 0 Å². The van der Waals surface area contributed by atoms with Gasteiger partial charge in [0.2, 0.25) is 11.8 Å². The molecule has 1 heterocycles. The Hall–Kier alpha value is -2.80. The van der Waals surface area contributed by atoms with E-state index in [2.05, 4.69) is 5.32 Å². The SMILES string of the molecule is O=C(/C=C(/c1ccccc1)C(F)(F)F)Nc1cc(N2CCCC2=O)ccc1Cl. The number of carbonyl (C=O) groups is 2. The van der Waals surface area contributed by atoms with E-state index in [4.69, 9.17) is 11.6 Å². The van der Waals surface area contributed by atoms with Crippen LogP contribution in [0.25, 0.3) is 5.57 Å². The van der Waals surface area contributed by atoms with Crippen molar-refractivity contribution in [3.05, 3.63) is 65.2 Å². The fourth-order valence-electron chi connectivity index (χ4n) is 2.94. The average Bonchev–Trinajstić information content (AvgIpc) is 3.07. The van der Waals surface area contributed by atoms with Gasteiger partial charge < -0.3 is 10.2 Å². The minimum atomic E-state index is -4.70. The zero-order valence-corrected chi connectivity index (χ0v) is 15.3. The van der Waals surface area contributed by atoms with Gasteiger partial charge in [0, 0.05) is 24.7 Å². The Labute approximate surface area is 164 Å². The molecule has 1 fully saturated rings. The lowest BCUT2D eigenvalue weighted by Gasteiger charge is -2.17. The number of anilines is 2. The van der Waals surface area contributed by atoms with Gasteiger partial charge in [-0.1, -0.05) is 41.9 Å². The summed E-state index contributed by atoms with van der Waals surface area (Å²) in [6.45, 7) is 0.542. The summed E-state index contributed by atoms with van der Waals surface area (Å²) in [5.41, 5.74) is -0.514. The Morgan fingerprint density at radius 2 is 1.86 bits per heavy atom. The largest absolute Gasteiger partial charge is 0.417 e. The van der Waals surface area contributed by atoms with Crippen LogP contribution in [0.4, 0.5) is 24.5 Å². The monoisotopic (exact) mass is 408 g/mol. The zero-order chi connectivity index (χ0) is 20.3. The summed E-state index contributed by atoms with van der Waals surface area (Å²) in [6, 6.07) is 11.7. The number of rotatable bonds is 4. The van der Waals surface area contributed by atoms with Gasteiger partial charge in [-0.15, -0.1) is 0 Å². The molecule has 146 valence electrons. The number of nitrogens with zero attached hydrogens (tertiary/aromatic N) is 1. The lowest BCUT2D eigenvalue weighted by molar-refractivity contribution is -0.117. The summed E-state index contributed by atoms with van der Waals surface area (Å²) in [6.07, 6.45) is -3.05. The van der Waals surface area contributed by atoms with Crippen molar-refractivity contribution in [3.8, 4) is 0 Å². The number of alkyl halides is 3. The molecular weight excluding hydrogens is 393 g/mol. The molecule has 0 aliphatic carbocycles. The molecular formula is C20H16ClF3N2O2. The number of benzene rings is 2. The molecule has 0 bridgehead atoms. The van der Waals surface area contributed by atoms with Gasteiger partial charge in [0.15, 0.2) is 0 Å². The van der Waals surface area contributed by atoms with Crippen LogP contribution in [-0.2, 0) is 9.59 Å². The molecule has 2 amide bonds. The highest BCUT2D eigenvalue weighted by Crippen LogP contribution is 2.34. The van der Waals surface area contributed by atoms with Crippen LogP contribution < -0.4 is 10.2 Å². The molecule has 0 atom stereocenters. The van der Waals surface area contributed by atoms with Gasteiger partial charge >= 0.3 is 6.18 Å². The van der Waals surface area contributed by atoms with Crippen LogP contribution in [0.15, 0.2) is 54.6 Å². The Morgan fingerprint density at radius 1 is 1.14 bits per heavy atom. The average molecular weight is 409 g/mol. The molecule has 1 N–H and O–H groups in total. The molecule has 0 unspecified atom stereocenters. The van der Waals surface area contributed by atoms with Crippen molar-refractivity contribution in [3.63, 3.8) is 0 Å². The van der Waals surface area contributed by atoms with Crippen LogP contribution in [0.5, 0.6) is 0 Å². The lowest BCUT2D eigenvalue weighted by atomic mass is 10.1. The number of hydrogen-bond donors (Lipinski definition) is 1. The lowest BCUT2D eigenvalue weighted by Crippen LogP contribution is -2.23. The predicted octanol–water partition coefficient (Wildman–Crippen LogP) is 5.05. The molecule has 8 heteroatoms. The first-order valence-electron chi connectivity index (χ1n) is 8.51. The topological polar surface area (TPSA) is 49.4 Å². The van der Waals surface area contributed by atoms with Crippen LogP contribution >= 0.6 is 11.6 Å². The van der Waals surface area contributed by atoms with Crippen LogP contribution in [-0.4, -0.2) is 24.5 Å². The van der Waals surface area contributed by atoms with Crippen molar-refractivity contribution in [2.75, 3.05) is 16.8 Å². The van der Waals surface area contributed by atoms with Gasteiger partial charge in [-0.2, -0.15) is 13.2 Å². The van der Waals surface area contributed by atoms with Gasteiger partial charge in [-0.25, -0.2) is 0 Å². The van der Waals surface area contributed by atoms with Crippen molar-refractivity contribution >= 4 is 40.4 Å². The smallest absolute Gasteiger partial charge is 0.321 e. The van der Waals surface area contributed by atoms with Crippen molar-refractivity contribution < 1.29 is 22.8 Å². The van der Waals surface area contributed by atoms with Crippen molar-refractivity contribution in [2.45, 2.75) is 19.0 Å². The fraction of sp³-hybridized carbons (Fsp3) is 0.200. The van der Waals surface area contributed by atoms with Crippen LogP contribution in [0.1, 0.15) is 18.4 Å². The van der Waals surface area contributed by atoms with E-state index in [1.807, 2.05) is 0 Å². The first-order valence-corrected chi connectivity index (χ1v) is 8.89. The summed E-state index contributed by atoms with van der Waals surface area (Å²) >= 11 is 6.07. The minimum absolute atomic E-state index is 0.0528. The van der Waals surface area contributed by atoms with Crippen molar-refractivity contribution in [1.29, 1.82) is 0 Å². The molecule has 0 radical (unpaired) electrons. The predicted molar refractivity (Wildman–Crippen MR) is 102 cm³/mol. The molecule has 0 aromatic heterocycles. The fourth-order valence-corrected chi connectivity index (χ4v) is 3.11. The first-order chi connectivity index (χ1) is 13.3. The third kappa shape index (κ3) is 4.54. The highest BCUT2D eigenvalue weighted by atomic mass is 35.5. The molecule has 2 aromatic rings. The molecule has 2 aromatic carbocycles. The Balaban J connectivity index is 1.87. The van der Waals surface area contributed by atoms with Gasteiger partial charge in [-0.3, -0.25) is 9.59 Å². The molecule has 1 aliphatic heterocycles. The summed E-state index contributed by atoms with van der Waals surface area (Å²) in [7, 11) is 0. The van der Waals surface area contributed by atoms with Gasteiger partial charge in [0.25, 0.3) is 0 Å². The normalized spacial score (nSPS) is 15.1. The molecule has 3 rings (SSSR count). The van der Waals surface area contributed by atoms with Crippen LogP contribution in [0, 0.1) is 0 Å². The van der Waals surface area contributed by atoms with E-state index in [9.17, 15) is 22.8 Å². The maximum atomic E-state index is 13.4. The van der Waals surface area contributed by atoms with E-state index in [1.165, 1.54) is 36.4 Å². The molecule has 28 heavy (non-hydrogen) atoms. The second kappa shape index (κ2) is 8.06. The number of nitrogens with one attached hydrogen (secondary N) is 1. The minimum Gasteiger partial charge on any atom is -0.321 e. The van der Waals surface area contributed by atoms with E-state index in [-0.39, 0.29) is 22.2 Å². The number of amides is 2. The standard InChI is InChI=1S/C20H16ClF3N2O2/c21-16-9-8-14(26-10-4-7-19(26)28)11-17(16)25-18(27)12-15(20(22,23)24)13-5-2-1-3-6-13/h1-3,5-6,8-9,11-12H,4,7,10H2,(H,25,27)/b15-12-. The first kappa shape index (κ1) is 19.9. The summed E-state index contributed by atoms with van der Waals surface area (Å²) in [4.78, 5) is 25.7. The maximum Gasteiger partial charge on any atom is 0.417 e. The second-order valence-corrected chi connectivity index (χ2v) is 6.63. The summed E-state index contributed by atoms with van der Waals surface area (Å²) < 4.78 is 40.1. The second-order valence-electron chi connectivity index (χ2n) is 6.22. The number of hydrogen-bond acceptors (Lipinski definition) is 2. The highest BCUT2D eigenvalue weighted by Gasteiger charge is 2.35. The number of carbonyl (C=O) groups excluding carboxylic acids is 2. The Bertz CT molecular complexity index is 927. The van der Waals surface area contributed by atoms with Crippen LogP contribution in [0.3, 0.4) is 0 Å². The third-order valence-electron chi connectivity index (χ3n) is 4.26. The Morgan fingerprint density at radius 3 is 2.46 bits per heavy atom. The maximum absolute atomic E-state index is 13.4. The quantitative estimate of drug-likeness (QED) is 0.719. The van der Waals surface area contributed by atoms with Crippen LogP contribution in [0.2, 0.25) is 5.02 Å². The number of halogens is 4. The third-order valence-corrected chi connectivity index (χ3v) is 4.59. The van der Waals surface area contributed by atoms with Gasteiger partial charge in [0.05, 0.1) is 16.3 Å². The summed E-state index contributed by atoms with van der Waals surface area (Å²) in [5.74, 6) is -1.02. The van der Waals surface area contributed by atoms with Gasteiger partial charge in [-0.05, 0) is 30.2 Å². The molecule has 1 aliphatic rings.